The van der Waals surface area contributed by atoms with Gasteiger partial charge in [-0.3, -0.25) is 0 Å². The summed E-state index contributed by atoms with van der Waals surface area (Å²) >= 11 is 0. The molecular formula is C9H13F3N4O2. The van der Waals surface area contributed by atoms with Crippen LogP contribution in [0.1, 0.15) is 0 Å². The fourth-order valence-corrected chi connectivity index (χ4v) is 1.18. The van der Waals surface area contributed by atoms with Crippen molar-refractivity contribution in [3.8, 4) is 5.75 Å². The molecule has 0 amide bonds. The second-order valence-corrected chi connectivity index (χ2v) is 3.29. The Labute approximate surface area is 101 Å². The second kappa shape index (κ2) is 5.71. The molecule has 0 aliphatic rings. The Morgan fingerprint density at radius 1 is 1.39 bits per heavy atom. The molecule has 0 bridgehead atoms. The minimum Gasteiger partial charge on any atom is -0.490 e. The van der Waals surface area contributed by atoms with Crippen molar-refractivity contribution in [2.45, 2.75) is 12.3 Å². The van der Waals surface area contributed by atoms with E-state index in [4.69, 9.17) is 9.84 Å². The average Bonchev–Trinajstić information content (AvgIpc) is 2.33. The second-order valence-electron chi connectivity index (χ2n) is 3.29. The van der Waals surface area contributed by atoms with Crippen molar-refractivity contribution in [2.75, 3.05) is 31.3 Å². The zero-order valence-corrected chi connectivity index (χ0v) is 9.75. The average molecular weight is 266 g/mol. The van der Waals surface area contributed by atoms with E-state index in [-0.39, 0.29) is 11.6 Å². The number of ether oxygens (including phenoxy) is 1. The van der Waals surface area contributed by atoms with Gasteiger partial charge in [0.2, 0.25) is 5.75 Å². The van der Waals surface area contributed by atoms with Crippen LogP contribution in [0.2, 0.25) is 0 Å². The summed E-state index contributed by atoms with van der Waals surface area (Å²) in [5, 5.41) is 13.9. The van der Waals surface area contributed by atoms with Gasteiger partial charge in [0.25, 0.3) is 0 Å². The van der Waals surface area contributed by atoms with Gasteiger partial charge in [-0.05, 0) is 0 Å². The first-order valence-electron chi connectivity index (χ1n) is 4.95. The molecule has 0 aliphatic heterocycles. The normalized spacial score (nSPS) is 13.0. The lowest BCUT2D eigenvalue weighted by Crippen LogP contribution is -2.35. The minimum atomic E-state index is -4.68. The number of alkyl halides is 3. The maximum atomic E-state index is 12.1. The number of hydrogen-bond donors (Lipinski definition) is 3. The number of methoxy groups -OCH3 is 1. The van der Waals surface area contributed by atoms with Crippen LogP contribution < -0.4 is 15.4 Å². The fraction of sp³-hybridized carbons (Fsp3) is 0.556. The van der Waals surface area contributed by atoms with E-state index < -0.39 is 18.8 Å². The summed E-state index contributed by atoms with van der Waals surface area (Å²) < 4.78 is 41.3. The molecule has 6 nitrogen and oxygen atoms in total. The molecule has 1 unspecified atom stereocenters. The predicted octanol–water partition coefficient (Wildman–Crippen LogP) is 0.862. The Bertz CT molecular complexity index is 400. The lowest BCUT2D eigenvalue weighted by molar-refractivity contribution is -0.198. The lowest BCUT2D eigenvalue weighted by atomic mass is 10.3. The molecule has 1 aromatic heterocycles. The number of rotatable bonds is 5. The summed E-state index contributed by atoms with van der Waals surface area (Å²) in [5.41, 5.74) is 0. The van der Waals surface area contributed by atoms with Gasteiger partial charge >= 0.3 is 6.18 Å². The van der Waals surface area contributed by atoms with Crippen LogP contribution in [-0.4, -0.2) is 48.1 Å². The number of hydrogen-bond acceptors (Lipinski definition) is 6. The van der Waals surface area contributed by atoms with Crippen LogP contribution in [0.3, 0.4) is 0 Å². The van der Waals surface area contributed by atoms with Crippen LogP contribution in [0.25, 0.3) is 0 Å². The Morgan fingerprint density at radius 3 is 2.50 bits per heavy atom. The molecule has 0 aliphatic carbocycles. The highest BCUT2D eigenvalue weighted by Gasteiger charge is 2.38. The molecule has 1 aromatic rings. The number of nitrogens with zero attached hydrogens (tertiary/aromatic N) is 2. The molecule has 9 heteroatoms. The van der Waals surface area contributed by atoms with E-state index in [1.165, 1.54) is 7.11 Å². The Morgan fingerprint density at radius 2 is 2.00 bits per heavy atom. The molecule has 0 aromatic carbocycles. The van der Waals surface area contributed by atoms with Crippen LogP contribution in [0.5, 0.6) is 5.75 Å². The maximum absolute atomic E-state index is 12.1. The van der Waals surface area contributed by atoms with Gasteiger partial charge in [-0.15, -0.1) is 0 Å². The number of aliphatic hydroxyl groups is 1. The summed E-state index contributed by atoms with van der Waals surface area (Å²) in [4.78, 5) is 7.58. The molecular weight excluding hydrogens is 253 g/mol. The first-order chi connectivity index (χ1) is 8.40. The minimum absolute atomic E-state index is 0.0696. The third kappa shape index (κ3) is 3.36. The fourth-order valence-electron chi connectivity index (χ4n) is 1.18. The van der Waals surface area contributed by atoms with E-state index in [9.17, 15) is 13.2 Å². The molecule has 18 heavy (non-hydrogen) atoms. The molecule has 1 heterocycles. The van der Waals surface area contributed by atoms with Crippen molar-refractivity contribution in [2.24, 2.45) is 0 Å². The number of aromatic nitrogens is 2. The molecule has 0 fully saturated rings. The summed E-state index contributed by atoms with van der Waals surface area (Å²) in [6.45, 7) is -0.722. The smallest absolute Gasteiger partial charge is 0.416 e. The van der Waals surface area contributed by atoms with Gasteiger partial charge < -0.3 is 20.5 Å². The first-order valence-corrected chi connectivity index (χ1v) is 4.95. The van der Waals surface area contributed by atoms with Crippen LogP contribution in [-0.2, 0) is 0 Å². The molecule has 0 radical (unpaired) electrons. The zero-order chi connectivity index (χ0) is 13.8. The number of aliphatic hydroxyl groups excluding tert-OH is 1. The van der Waals surface area contributed by atoms with Gasteiger partial charge in [-0.2, -0.15) is 13.2 Å². The van der Waals surface area contributed by atoms with Crippen LogP contribution in [0, 0.1) is 0 Å². The number of halogens is 3. The standard InChI is InChI=1S/C9H13F3N4O2/c1-13-7-6(18-2)8(16-4-15-7)14-3-5(17)9(10,11)12/h4-5,17H,3H2,1-2H3,(H2,13,14,15,16). The first kappa shape index (κ1) is 14.3. The van der Waals surface area contributed by atoms with Crippen molar-refractivity contribution in [1.29, 1.82) is 0 Å². The van der Waals surface area contributed by atoms with E-state index >= 15 is 0 Å². The Balaban J connectivity index is 2.79. The van der Waals surface area contributed by atoms with Crippen molar-refractivity contribution in [3.05, 3.63) is 6.33 Å². The van der Waals surface area contributed by atoms with E-state index in [0.717, 1.165) is 6.33 Å². The highest BCUT2D eigenvalue weighted by atomic mass is 19.4. The summed E-state index contributed by atoms with van der Waals surface area (Å²) in [6, 6.07) is 0. The van der Waals surface area contributed by atoms with Gasteiger partial charge in [0, 0.05) is 7.05 Å². The van der Waals surface area contributed by atoms with E-state index in [0.29, 0.717) is 5.82 Å². The van der Waals surface area contributed by atoms with Gasteiger partial charge in [0.1, 0.15) is 6.33 Å². The van der Waals surface area contributed by atoms with Gasteiger partial charge in [-0.25, -0.2) is 9.97 Å². The molecule has 102 valence electrons. The maximum Gasteiger partial charge on any atom is 0.416 e. The predicted molar refractivity (Wildman–Crippen MR) is 58.7 cm³/mol. The van der Waals surface area contributed by atoms with Gasteiger partial charge in [-0.1, -0.05) is 0 Å². The molecule has 3 N–H and O–H groups in total. The number of nitrogens with one attached hydrogen (secondary N) is 2. The van der Waals surface area contributed by atoms with Gasteiger partial charge in [0.15, 0.2) is 17.7 Å². The largest absolute Gasteiger partial charge is 0.490 e. The molecule has 1 rings (SSSR count). The monoisotopic (exact) mass is 266 g/mol. The SMILES string of the molecule is CNc1ncnc(NCC(O)C(F)(F)F)c1OC. The Kier molecular flexibility index (Phi) is 4.54. The zero-order valence-electron chi connectivity index (χ0n) is 9.75. The molecule has 0 saturated heterocycles. The van der Waals surface area contributed by atoms with Gasteiger partial charge in [0.05, 0.1) is 13.7 Å². The Hall–Kier alpha value is -1.77. The highest BCUT2D eigenvalue weighted by molar-refractivity contribution is 5.63. The van der Waals surface area contributed by atoms with E-state index in [2.05, 4.69) is 20.6 Å². The summed E-state index contributed by atoms with van der Waals surface area (Å²) in [5.74, 6) is 0.575. The van der Waals surface area contributed by atoms with Crippen LogP contribution in [0.4, 0.5) is 24.8 Å². The summed E-state index contributed by atoms with van der Waals surface area (Å²) in [6.07, 6.45) is -5.99. The molecule has 1 atom stereocenters. The third-order valence-electron chi connectivity index (χ3n) is 2.09. The quantitative estimate of drug-likeness (QED) is 0.733. The van der Waals surface area contributed by atoms with Crippen molar-refractivity contribution in [1.82, 2.24) is 9.97 Å². The van der Waals surface area contributed by atoms with Crippen molar-refractivity contribution < 1.29 is 23.0 Å². The van der Waals surface area contributed by atoms with Crippen molar-refractivity contribution in [3.63, 3.8) is 0 Å². The third-order valence-corrected chi connectivity index (χ3v) is 2.09. The lowest BCUT2D eigenvalue weighted by Gasteiger charge is -2.17. The number of anilines is 2. The molecule has 0 saturated carbocycles. The van der Waals surface area contributed by atoms with Crippen molar-refractivity contribution >= 4 is 11.6 Å². The van der Waals surface area contributed by atoms with Crippen LogP contribution >= 0.6 is 0 Å². The van der Waals surface area contributed by atoms with E-state index in [1.54, 1.807) is 7.05 Å². The molecule has 0 spiro atoms. The van der Waals surface area contributed by atoms with E-state index in [1.807, 2.05) is 0 Å². The van der Waals surface area contributed by atoms with Crippen LogP contribution in [0.15, 0.2) is 6.33 Å². The highest BCUT2D eigenvalue weighted by Crippen LogP contribution is 2.29. The summed E-state index contributed by atoms with van der Waals surface area (Å²) in [7, 11) is 2.92. The topological polar surface area (TPSA) is 79.3 Å².